The van der Waals surface area contributed by atoms with Crippen molar-refractivity contribution in [1.82, 2.24) is 10.4 Å². The Balaban J connectivity index is 1.96. The first-order valence-electron chi connectivity index (χ1n) is 8.35. The molecule has 1 N–H and O–H groups in total. The van der Waals surface area contributed by atoms with E-state index in [1.54, 1.807) is 20.8 Å². The molecule has 2 amide bonds. The second-order valence-corrected chi connectivity index (χ2v) is 6.96. The van der Waals surface area contributed by atoms with Gasteiger partial charge in [0.2, 0.25) is 0 Å². The van der Waals surface area contributed by atoms with E-state index in [4.69, 9.17) is 9.47 Å². The summed E-state index contributed by atoms with van der Waals surface area (Å²) < 4.78 is 10.6. The highest BCUT2D eigenvalue weighted by Gasteiger charge is 2.31. The number of ether oxygens (including phenoxy) is 2. The molecule has 24 heavy (non-hydrogen) atoms. The molecule has 1 aliphatic rings. The van der Waals surface area contributed by atoms with Crippen LogP contribution < -0.4 is 5.43 Å². The number of rotatable bonds is 3. The van der Waals surface area contributed by atoms with Crippen LogP contribution in [-0.4, -0.2) is 28.8 Å². The zero-order valence-electron chi connectivity index (χ0n) is 14.6. The molecular formula is C18H26N2O4. The molecule has 1 aromatic rings. The molecule has 132 valence electrons. The molecule has 0 bridgehead atoms. The van der Waals surface area contributed by atoms with Crippen molar-refractivity contribution < 1.29 is 19.1 Å². The molecule has 1 saturated carbocycles. The van der Waals surface area contributed by atoms with Crippen molar-refractivity contribution >= 4 is 12.2 Å². The maximum atomic E-state index is 12.4. The molecule has 6 heteroatoms. The van der Waals surface area contributed by atoms with Crippen LogP contribution in [0.1, 0.15) is 52.0 Å². The summed E-state index contributed by atoms with van der Waals surface area (Å²) in [7, 11) is 0. The highest BCUT2D eigenvalue weighted by atomic mass is 16.6. The van der Waals surface area contributed by atoms with Gasteiger partial charge >= 0.3 is 12.2 Å². The molecule has 0 heterocycles. The van der Waals surface area contributed by atoms with Gasteiger partial charge in [0.25, 0.3) is 0 Å². The van der Waals surface area contributed by atoms with Crippen molar-refractivity contribution in [2.45, 2.75) is 64.7 Å². The van der Waals surface area contributed by atoms with Crippen LogP contribution in [0.4, 0.5) is 9.59 Å². The molecule has 0 aliphatic heterocycles. The Morgan fingerprint density at radius 3 is 2.38 bits per heavy atom. The van der Waals surface area contributed by atoms with E-state index < -0.39 is 17.8 Å². The molecule has 1 fully saturated rings. The van der Waals surface area contributed by atoms with Crippen LogP contribution >= 0.6 is 0 Å². The quantitative estimate of drug-likeness (QED) is 0.848. The Labute approximate surface area is 143 Å². The van der Waals surface area contributed by atoms with Crippen molar-refractivity contribution in [3.8, 4) is 0 Å². The number of nitrogens with one attached hydrogen (secondary N) is 1. The highest BCUT2D eigenvalue weighted by Crippen LogP contribution is 2.23. The third-order valence-corrected chi connectivity index (χ3v) is 3.70. The van der Waals surface area contributed by atoms with Crippen LogP contribution in [-0.2, 0) is 16.1 Å². The first-order chi connectivity index (χ1) is 11.3. The molecule has 0 spiro atoms. The van der Waals surface area contributed by atoms with Gasteiger partial charge in [-0.3, -0.25) is 0 Å². The molecule has 0 radical (unpaired) electrons. The highest BCUT2D eigenvalue weighted by molar-refractivity contribution is 5.74. The largest absolute Gasteiger partial charge is 0.443 e. The maximum absolute atomic E-state index is 12.4. The first kappa shape index (κ1) is 18.1. The van der Waals surface area contributed by atoms with Crippen molar-refractivity contribution in [2.75, 3.05) is 0 Å². The van der Waals surface area contributed by atoms with Crippen molar-refractivity contribution in [1.29, 1.82) is 0 Å². The predicted octanol–water partition coefficient (Wildman–Crippen LogP) is 4.01. The molecule has 0 aromatic heterocycles. The lowest BCUT2D eigenvalue weighted by molar-refractivity contribution is 0.0176. The van der Waals surface area contributed by atoms with Crippen LogP contribution in [0, 0.1) is 0 Å². The second kappa shape index (κ2) is 8.04. The summed E-state index contributed by atoms with van der Waals surface area (Å²) in [4.78, 5) is 24.5. The minimum absolute atomic E-state index is 0.0548. The van der Waals surface area contributed by atoms with Gasteiger partial charge in [-0.1, -0.05) is 43.2 Å². The van der Waals surface area contributed by atoms with E-state index in [-0.39, 0.29) is 12.6 Å². The number of carbonyl (C=O) groups excluding carboxylic acids is 2. The lowest BCUT2D eigenvalue weighted by atomic mass is 10.2. The van der Waals surface area contributed by atoms with Crippen molar-refractivity contribution in [2.24, 2.45) is 0 Å². The fourth-order valence-corrected chi connectivity index (χ4v) is 2.64. The Morgan fingerprint density at radius 1 is 1.17 bits per heavy atom. The number of hydrogen-bond donors (Lipinski definition) is 1. The van der Waals surface area contributed by atoms with Crippen LogP contribution in [0.3, 0.4) is 0 Å². The van der Waals surface area contributed by atoms with E-state index in [9.17, 15) is 9.59 Å². The van der Waals surface area contributed by atoms with Crippen LogP contribution in [0.5, 0.6) is 0 Å². The summed E-state index contributed by atoms with van der Waals surface area (Å²) >= 11 is 0. The fourth-order valence-electron chi connectivity index (χ4n) is 2.64. The SMILES string of the molecule is CC(C)(C)OC(=O)NN(C(=O)OCc1ccccc1)C1CCCC1. The number of hydrogen-bond acceptors (Lipinski definition) is 4. The minimum Gasteiger partial charge on any atom is -0.443 e. The van der Waals surface area contributed by atoms with Crippen molar-refractivity contribution in [3.05, 3.63) is 35.9 Å². The second-order valence-electron chi connectivity index (χ2n) is 6.96. The van der Waals surface area contributed by atoms with Gasteiger partial charge in [0, 0.05) is 0 Å². The van der Waals surface area contributed by atoms with E-state index in [1.165, 1.54) is 5.01 Å². The third kappa shape index (κ3) is 5.76. The van der Waals surface area contributed by atoms with Gasteiger partial charge in [0.15, 0.2) is 0 Å². The number of nitrogens with zero attached hydrogens (tertiary/aromatic N) is 1. The van der Waals surface area contributed by atoms with E-state index in [0.29, 0.717) is 0 Å². The fraction of sp³-hybridized carbons (Fsp3) is 0.556. The summed E-state index contributed by atoms with van der Waals surface area (Å²) in [6, 6.07) is 9.39. The molecule has 0 atom stereocenters. The van der Waals surface area contributed by atoms with Gasteiger partial charge in [-0.2, -0.15) is 0 Å². The molecule has 0 saturated heterocycles. The summed E-state index contributed by atoms with van der Waals surface area (Å²) in [5.74, 6) is 0. The smallest absolute Gasteiger partial charge is 0.429 e. The number of amides is 2. The van der Waals surface area contributed by atoms with Gasteiger partial charge < -0.3 is 9.47 Å². The lowest BCUT2D eigenvalue weighted by Gasteiger charge is -2.29. The lowest BCUT2D eigenvalue weighted by Crippen LogP contribution is -2.52. The van der Waals surface area contributed by atoms with Crippen LogP contribution in [0.25, 0.3) is 0 Å². The monoisotopic (exact) mass is 334 g/mol. The number of hydrazine groups is 1. The molecule has 2 rings (SSSR count). The molecule has 1 aromatic carbocycles. The van der Waals surface area contributed by atoms with E-state index >= 15 is 0 Å². The Bertz CT molecular complexity index is 548. The zero-order chi connectivity index (χ0) is 17.6. The standard InChI is InChI=1S/C18H26N2O4/c1-18(2,3)24-16(21)19-20(15-11-7-8-12-15)17(22)23-13-14-9-5-4-6-10-14/h4-6,9-10,15H,7-8,11-13H2,1-3H3,(H,19,21). The van der Waals surface area contributed by atoms with Gasteiger partial charge in [-0.25, -0.2) is 20.0 Å². The maximum Gasteiger partial charge on any atom is 0.429 e. The molecule has 0 unspecified atom stereocenters. The van der Waals surface area contributed by atoms with E-state index in [1.807, 2.05) is 30.3 Å². The minimum atomic E-state index is -0.647. The molecular weight excluding hydrogens is 308 g/mol. The zero-order valence-corrected chi connectivity index (χ0v) is 14.6. The van der Waals surface area contributed by atoms with Crippen LogP contribution in [0.15, 0.2) is 30.3 Å². The summed E-state index contributed by atoms with van der Waals surface area (Å²) in [6.45, 7) is 5.50. The van der Waals surface area contributed by atoms with Crippen LogP contribution in [0.2, 0.25) is 0 Å². The average Bonchev–Trinajstić information content (AvgIpc) is 3.03. The molecule has 6 nitrogen and oxygen atoms in total. The Morgan fingerprint density at radius 2 is 1.79 bits per heavy atom. The van der Waals surface area contributed by atoms with Gasteiger partial charge in [-0.15, -0.1) is 0 Å². The summed E-state index contributed by atoms with van der Waals surface area (Å²) in [5, 5.41) is 1.28. The Hall–Kier alpha value is -2.24. The van der Waals surface area contributed by atoms with E-state index in [2.05, 4.69) is 5.43 Å². The third-order valence-electron chi connectivity index (χ3n) is 3.70. The predicted molar refractivity (Wildman–Crippen MR) is 90.1 cm³/mol. The topological polar surface area (TPSA) is 67.9 Å². The summed E-state index contributed by atoms with van der Waals surface area (Å²) in [5.41, 5.74) is 2.82. The average molecular weight is 334 g/mol. The van der Waals surface area contributed by atoms with E-state index in [0.717, 1.165) is 31.2 Å². The number of benzene rings is 1. The van der Waals surface area contributed by atoms with Gasteiger partial charge in [-0.05, 0) is 39.2 Å². The van der Waals surface area contributed by atoms with Gasteiger partial charge in [0.1, 0.15) is 12.2 Å². The van der Waals surface area contributed by atoms with Gasteiger partial charge in [0.05, 0.1) is 6.04 Å². The number of carbonyl (C=O) groups is 2. The first-order valence-corrected chi connectivity index (χ1v) is 8.35. The van der Waals surface area contributed by atoms with Crippen molar-refractivity contribution in [3.63, 3.8) is 0 Å². The normalized spacial score (nSPS) is 15.0. The Kier molecular flexibility index (Phi) is 6.06. The summed E-state index contributed by atoms with van der Waals surface area (Å²) in [6.07, 6.45) is 2.54. The molecule has 1 aliphatic carbocycles.